The van der Waals surface area contributed by atoms with E-state index < -0.39 is 6.10 Å². The van der Waals surface area contributed by atoms with Crippen molar-refractivity contribution in [1.29, 1.82) is 0 Å². The van der Waals surface area contributed by atoms with Crippen molar-refractivity contribution in [2.75, 3.05) is 13.7 Å². The van der Waals surface area contributed by atoms with E-state index in [1.165, 1.54) is 18.2 Å². The third kappa shape index (κ3) is 3.93. The molecule has 1 aromatic rings. The molecule has 2 atom stereocenters. The standard InChI is InChI=1S/C14H20N2O2.ClH/c1-18-13(9-15)14(17)16-12-7-6-10-4-2-3-5-11(10)8-12;/h2-5,12-13H,6-9,15H2,1H3,(H,16,17);1H. The Morgan fingerprint density at radius 1 is 1.47 bits per heavy atom. The van der Waals surface area contributed by atoms with Crippen molar-refractivity contribution in [1.82, 2.24) is 5.32 Å². The number of hydrogen-bond donors (Lipinski definition) is 2. The van der Waals surface area contributed by atoms with E-state index in [0.29, 0.717) is 0 Å². The lowest BCUT2D eigenvalue weighted by atomic mass is 9.88. The second kappa shape index (κ2) is 7.48. The maximum Gasteiger partial charge on any atom is 0.250 e. The van der Waals surface area contributed by atoms with Gasteiger partial charge in [-0.05, 0) is 30.4 Å². The Labute approximate surface area is 120 Å². The number of ether oxygens (including phenoxy) is 1. The molecule has 1 aromatic carbocycles. The first-order valence-electron chi connectivity index (χ1n) is 6.34. The van der Waals surface area contributed by atoms with Crippen molar-refractivity contribution in [2.24, 2.45) is 5.73 Å². The summed E-state index contributed by atoms with van der Waals surface area (Å²) in [5.74, 6) is -0.107. The number of nitrogens with one attached hydrogen (secondary N) is 1. The minimum Gasteiger partial charge on any atom is -0.370 e. The second-order valence-electron chi connectivity index (χ2n) is 4.68. The Morgan fingerprint density at radius 3 is 2.79 bits per heavy atom. The van der Waals surface area contributed by atoms with Gasteiger partial charge >= 0.3 is 0 Å². The zero-order valence-electron chi connectivity index (χ0n) is 11.1. The third-order valence-corrected chi connectivity index (χ3v) is 3.48. The lowest BCUT2D eigenvalue weighted by Crippen LogP contribution is -2.47. The normalized spacial score (nSPS) is 18.9. The monoisotopic (exact) mass is 284 g/mol. The molecule has 2 rings (SSSR count). The van der Waals surface area contributed by atoms with Crippen LogP contribution in [0.1, 0.15) is 17.5 Å². The first-order valence-corrected chi connectivity index (χ1v) is 6.34. The van der Waals surface area contributed by atoms with Gasteiger partial charge in [-0.3, -0.25) is 4.79 Å². The van der Waals surface area contributed by atoms with Gasteiger partial charge < -0.3 is 15.8 Å². The summed E-state index contributed by atoms with van der Waals surface area (Å²) < 4.78 is 5.04. The van der Waals surface area contributed by atoms with Crippen molar-refractivity contribution < 1.29 is 9.53 Å². The maximum absolute atomic E-state index is 11.9. The van der Waals surface area contributed by atoms with Gasteiger partial charge in [0, 0.05) is 19.7 Å². The smallest absolute Gasteiger partial charge is 0.250 e. The fraction of sp³-hybridized carbons (Fsp3) is 0.500. The first kappa shape index (κ1) is 16.0. The molecular formula is C14H21ClN2O2. The largest absolute Gasteiger partial charge is 0.370 e. The number of halogens is 1. The molecule has 3 N–H and O–H groups in total. The molecule has 0 saturated carbocycles. The lowest BCUT2D eigenvalue weighted by Gasteiger charge is -2.26. The van der Waals surface area contributed by atoms with E-state index in [-0.39, 0.29) is 30.9 Å². The molecule has 0 aliphatic heterocycles. The number of rotatable bonds is 4. The Balaban J connectivity index is 0.00000180. The first-order chi connectivity index (χ1) is 8.74. The van der Waals surface area contributed by atoms with Crippen LogP contribution in [-0.4, -0.2) is 31.7 Å². The summed E-state index contributed by atoms with van der Waals surface area (Å²) in [7, 11) is 1.51. The minimum absolute atomic E-state index is 0. The van der Waals surface area contributed by atoms with Crippen LogP contribution in [0.2, 0.25) is 0 Å². The second-order valence-corrected chi connectivity index (χ2v) is 4.68. The number of hydrogen-bond acceptors (Lipinski definition) is 3. The Morgan fingerprint density at radius 2 is 2.16 bits per heavy atom. The summed E-state index contributed by atoms with van der Waals surface area (Å²) in [6, 6.07) is 8.58. The Kier molecular flexibility index (Phi) is 6.28. The van der Waals surface area contributed by atoms with Crippen molar-refractivity contribution in [3.63, 3.8) is 0 Å². The van der Waals surface area contributed by atoms with Crippen LogP contribution in [0.5, 0.6) is 0 Å². The number of amides is 1. The minimum atomic E-state index is -0.540. The van der Waals surface area contributed by atoms with E-state index in [2.05, 4.69) is 23.5 Å². The summed E-state index contributed by atoms with van der Waals surface area (Å²) in [4.78, 5) is 11.9. The number of carbonyl (C=O) groups is 1. The summed E-state index contributed by atoms with van der Waals surface area (Å²) in [5.41, 5.74) is 8.20. The van der Waals surface area contributed by atoms with E-state index in [9.17, 15) is 4.79 Å². The van der Waals surface area contributed by atoms with Crippen LogP contribution in [0.15, 0.2) is 24.3 Å². The van der Waals surface area contributed by atoms with Gasteiger partial charge in [0.15, 0.2) is 0 Å². The molecule has 0 aromatic heterocycles. The number of aryl methyl sites for hydroxylation is 1. The fourth-order valence-corrected chi connectivity index (χ4v) is 2.43. The fourth-order valence-electron chi connectivity index (χ4n) is 2.43. The Hall–Kier alpha value is -1.10. The molecule has 19 heavy (non-hydrogen) atoms. The molecule has 0 radical (unpaired) electrons. The Bertz CT molecular complexity index is 422. The maximum atomic E-state index is 11.9. The predicted molar refractivity (Wildman–Crippen MR) is 77.5 cm³/mol. The molecule has 1 amide bonds. The van der Waals surface area contributed by atoms with Gasteiger partial charge in [0.2, 0.25) is 0 Å². The van der Waals surface area contributed by atoms with Crippen LogP contribution in [-0.2, 0) is 22.4 Å². The van der Waals surface area contributed by atoms with Crippen molar-refractivity contribution >= 4 is 18.3 Å². The van der Waals surface area contributed by atoms with Crippen molar-refractivity contribution in [3.8, 4) is 0 Å². The SMILES string of the molecule is COC(CN)C(=O)NC1CCc2ccccc2C1.Cl. The van der Waals surface area contributed by atoms with E-state index in [1.807, 2.05) is 6.07 Å². The van der Waals surface area contributed by atoms with Gasteiger partial charge in [-0.1, -0.05) is 24.3 Å². The lowest BCUT2D eigenvalue weighted by molar-refractivity contribution is -0.131. The van der Waals surface area contributed by atoms with E-state index in [4.69, 9.17) is 10.5 Å². The molecule has 4 nitrogen and oxygen atoms in total. The molecule has 5 heteroatoms. The zero-order chi connectivity index (χ0) is 13.0. The molecular weight excluding hydrogens is 264 g/mol. The van der Waals surface area contributed by atoms with Gasteiger partial charge in [0.05, 0.1) is 0 Å². The number of benzene rings is 1. The van der Waals surface area contributed by atoms with E-state index >= 15 is 0 Å². The van der Waals surface area contributed by atoms with E-state index in [0.717, 1.165) is 19.3 Å². The number of carbonyl (C=O) groups excluding carboxylic acids is 1. The summed E-state index contributed by atoms with van der Waals surface area (Å²) in [5, 5.41) is 3.02. The van der Waals surface area contributed by atoms with Crippen LogP contribution >= 0.6 is 12.4 Å². The highest BCUT2D eigenvalue weighted by Crippen LogP contribution is 2.21. The van der Waals surface area contributed by atoms with Gasteiger partial charge in [-0.15, -0.1) is 12.4 Å². The third-order valence-electron chi connectivity index (χ3n) is 3.48. The van der Waals surface area contributed by atoms with Crippen LogP contribution in [0.25, 0.3) is 0 Å². The molecule has 0 spiro atoms. The van der Waals surface area contributed by atoms with Gasteiger partial charge in [0.25, 0.3) is 5.91 Å². The molecule has 0 bridgehead atoms. The highest BCUT2D eigenvalue weighted by Gasteiger charge is 2.23. The predicted octanol–water partition coefficient (Wildman–Crippen LogP) is 1.06. The topological polar surface area (TPSA) is 64.3 Å². The molecule has 0 heterocycles. The molecule has 106 valence electrons. The molecule has 0 fully saturated rings. The molecule has 0 saturated heterocycles. The number of fused-ring (bicyclic) bond motifs is 1. The molecule has 1 aliphatic carbocycles. The van der Waals surface area contributed by atoms with Gasteiger partial charge in [-0.2, -0.15) is 0 Å². The van der Waals surface area contributed by atoms with Crippen LogP contribution in [0.3, 0.4) is 0 Å². The quantitative estimate of drug-likeness (QED) is 0.869. The highest BCUT2D eigenvalue weighted by molar-refractivity contribution is 5.85. The molecule has 2 unspecified atom stereocenters. The van der Waals surface area contributed by atoms with E-state index in [1.54, 1.807) is 0 Å². The van der Waals surface area contributed by atoms with Crippen LogP contribution in [0, 0.1) is 0 Å². The van der Waals surface area contributed by atoms with Crippen LogP contribution in [0.4, 0.5) is 0 Å². The summed E-state index contributed by atoms with van der Waals surface area (Å²) >= 11 is 0. The molecule has 1 aliphatic rings. The zero-order valence-corrected chi connectivity index (χ0v) is 11.9. The van der Waals surface area contributed by atoms with Gasteiger partial charge in [0.1, 0.15) is 6.10 Å². The van der Waals surface area contributed by atoms with Crippen LogP contribution < -0.4 is 11.1 Å². The average Bonchev–Trinajstić information content (AvgIpc) is 2.40. The summed E-state index contributed by atoms with van der Waals surface area (Å²) in [6.07, 6.45) is 2.34. The average molecular weight is 285 g/mol. The number of methoxy groups -OCH3 is 1. The summed E-state index contributed by atoms with van der Waals surface area (Å²) in [6.45, 7) is 0.214. The van der Waals surface area contributed by atoms with Crippen molar-refractivity contribution in [2.45, 2.75) is 31.4 Å². The number of nitrogens with two attached hydrogens (primary N) is 1. The highest BCUT2D eigenvalue weighted by atomic mass is 35.5. The van der Waals surface area contributed by atoms with Gasteiger partial charge in [-0.25, -0.2) is 0 Å². The van der Waals surface area contributed by atoms with Crippen molar-refractivity contribution in [3.05, 3.63) is 35.4 Å².